The molecule has 2 aromatic carbocycles. The molecule has 1 aromatic heterocycles. The average molecular weight is 531 g/mol. The van der Waals surface area contributed by atoms with Gasteiger partial charge >= 0.3 is 6.18 Å². The highest BCUT2D eigenvalue weighted by atomic mass is 19.4. The molecule has 0 aliphatic rings. The Morgan fingerprint density at radius 2 is 1.68 bits per heavy atom. The number of nitrogens with one attached hydrogen (secondary N) is 3. The fraction of sp³-hybridized carbons (Fsp3) is 0.296. The second-order valence-corrected chi connectivity index (χ2v) is 9.01. The van der Waals surface area contributed by atoms with Crippen LogP contribution < -0.4 is 16.2 Å². The summed E-state index contributed by atoms with van der Waals surface area (Å²) in [5, 5.41) is 16.5. The number of aliphatic hydroxyl groups excluding tert-OH is 1. The number of hydrogen-bond donors (Lipinski definition) is 4. The average Bonchev–Trinajstić information content (AvgIpc) is 2.87. The summed E-state index contributed by atoms with van der Waals surface area (Å²) < 4.78 is 38.9. The molecule has 11 heteroatoms. The van der Waals surface area contributed by atoms with Crippen LogP contribution in [0.25, 0.3) is 0 Å². The van der Waals surface area contributed by atoms with Crippen molar-refractivity contribution in [1.82, 2.24) is 20.5 Å². The molecule has 202 valence electrons. The number of alkyl halides is 3. The lowest BCUT2D eigenvalue weighted by Crippen LogP contribution is -2.49. The molecule has 0 aliphatic heterocycles. The van der Waals surface area contributed by atoms with Crippen molar-refractivity contribution in [2.45, 2.75) is 31.3 Å². The summed E-state index contributed by atoms with van der Waals surface area (Å²) in [6, 6.07) is 15.5. The zero-order valence-electron chi connectivity index (χ0n) is 20.9. The van der Waals surface area contributed by atoms with Crippen molar-refractivity contribution in [2.75, 3.05) is 20.6 Å². The molecule has 0 unspecified atom stereocenters. The Bertz CT molecular complexity index is 1310. The molecule has 0 radical (unpaired) electrons. The van der Waals surface area contributed by atoms with Crippen molar-refractivity contribution in [3.05, 3.63) is 105 Å². The van der Waals surface area contributed by atoms with E-state index in [1.54, 1.807) is 12.1 Å². The minimum atomic E-state index is -4.46. The highest BCUT2D eigenvalue weighted by molar-refractivity contribution is 5.98. The van der Waals surface area contributed by atoms with Crippen LogP contribution in [0.2, 0.25) is 0 Å². The molecule has 4 N–H and O–H groups in total. The molecule has 2 amide bonds. The van der Waals surface area contributed by atoms with Crippen molar-refractivity contribution in [3.63, 3.8) is 0 Å². The summed E-state index contributed by atoms with van der Waals surface area (Å²) in [7, 11) is 3.03. The van der Waals surface area contributed by atoms with Crippen LogP contribution in [-0.2, 0) is 19.1 Å². The maximum Gasteiger partial charge on any atom is 0.416 e. The van der Waals surface area contributed by atoms with Gasteiger partial charge in [0.15, 0.2) is 0 Å². The van der Waals surface area contributed by atoms with E-state index >= 15 is 0 Å². The van der Waals surface area contributed by atoms with Crippen LogP contribution in [0, 0.1) is 0 Å². The number of benzene rings is 2. The van der Waals surface area contributed by atoms with Gasteiger partial charge in [-0.05, 0) is 29.7 Å². The third kappa shape index (κ3) is 8.02. The standard InChI is InChI=1S/C27H29F3N4O4/c1-34(2)26(38)19-13-22(32-24(36)14-19)25(37)33-21(12-17-7-4-3-5-8-17)23(35)16-31-15-18-9-6-10-20(11-18)27(28,29)30/h3-11,13-14,21,23,31,35H,12,15-16H2,1-2H3,(H,32,36)(H,33,37)/t21-,23+/m0/s1. The van der Waals surface area contributed by atoms with Gasteiger partial charge in [0, 0.05) is 38.8 Å². The number of halogens is 3. The van der Waals surface area contributed by atoms with Gasteiger partial charge in [0.05, 0.1) is 17.7 Å². The van der Waals surface area contributed by atoms with Crippen molar-refractivity contribution in [3.8, 4) is 0 Å². The van der Waals surface area contributed by atoms with Crippen LogP contribution in [0.4, 0.5) is 13.2 Å². The quantitative estimate of drug-likeness (QED) is 0.322. The summed E-state index contributed by atoms with van der Waals surface area (Å²) in [5.74, 6) is -1.15. The number of carbonyl (C=O) groups excluding carboxylic acids is 2. The zero-order valence-corrected chi connectivity index (χ0v) is 20.9. The summed E-state index contributed by atoms with van der Waals surface area (Å²) in [5.41, 5.74) is -0.312. The Morgan fingerprint density at radius 1 is 1.00 bits per heavy atom. The molecular weight excluding hydrogens is 501 g/mol. The third-order valence-corrected chi connectivity index (χ3v) is 5.76. The molecule has 0 spiro atoms. The fourth-order valence-electron chi connectivity index (χ4n) is 3.81. The molecule has 0 fully saturated rings. The molecule has 38 heavy (non-hydrogen) atoms. The van der Waals surface area contributed by atoms with Crippen LogP contribution in [0.1, 0.15) is 37.5 Å². The zero-order chi connectivity index (χ0) is 27.9. The molecule has 0 saturated carbocycles. The number of pyridine rings is 1. The van der Waals surface area contributed by atoms with Crippen LogP contribution in [0.15, 0.2) is 71.5 Å². The lowest BCUT2D eigenvalue weighted by molar-refractivity contribution is -0.137. The van der Waals surface area contributed by atoms with Gasteiger partial charge in [-0.2, -0.15) is 13.2 Å². The summed E-state index contributed by atoms with van der Waals surface area (Å²) in [4.78, 5) is 41.1. The number of aromatic nitrogens is 1. The monoisotopic (exact) mass is 530 g/mol. The molecule has 0 saturated heterocycles. The van der Waals surface area contributed by atoms with Crippen LogP contribution in [0.3, 0.4) is 0 Å². The van der Waals surface area contributed by atoms with Crippen LogP contribution in [0.5, 0.6) is 0 Å². The van der Waals surface area contributed by atoms with Gasteiger partial charge in [-0.15, -0.1) is 0 Å². The Hall–Kier alpha value is -3.96. The maximum absolute atomic E-state index is 13.0. The predicted molar refractivity (Wildman–Crippen MR) is 136 cm³/mol. The Morgan fingerprint density at radius 3 is 2.34 bits per heavy atom. The number of hydrogen-bond acceptors (Lipinski definition) is 5. The summed E-state index contributed by atoms with van der Waals surface area (Å²) in [6.45, 7) is 0.0265. The van der Waals surface area contributed by atoms with Crippen molar-refractivity contribution in [2.24, 2.45) is 0 Å². The lowest BCUT2D eigenvalue weighted by atomic mass is 10.0. The van der Waals surface area contributed by atoms with Crippen LogP contribution in [-0.4, -0.2) is 59.6 Å². The Kier molecular flexibility index (Phi) is 9.43. The lowest BCUT2D eigenvalue weighted by Gasteiger charge is -2.25. The summed E-state index contributed by atoms with van der Waals surface area (Å²) in [6.07, 6.45) is -5.36. The normalized spacial score (nSPS) is 13.0. The van der Waals surface area contributed by atoms with E-state index < -0.39 is 41.3 Å². The highest BCUT2D eigenvalue weighted by Crippen LogP contribution is 2.29. The molecule has 0 bridgehead atoms. The van der Waals surface area contributed by atoms with Gasteiger partial charge in [-0.3, -0.25) is 14.4 Å². The first-order valence-corrected chi connectivity index (χ1v) is 11.8. The number of rotatable bonds is 10. The number of aliphatic hydroxyl groups is 1. The molecule has 2 atom stereocenters. The first-order chi connectivity index (χ1) is 17.9. The van der Waals surface area contributed by atoms with E-state index in [1.165, 1.54) is 37.2 Å². The van der Waals surface area contributed by atoms with Crippen molar-refractivity contribution in [1.29, 1.82) is 0 Å². The third-order valence-electron chi connectivity index (χ3n) is 5.76. The predicted octanol–water partition coefficient (Wildman–Crippen LogP) is 2.59. The van der Waals surface area contributed by atoms with E-state index in [1.807, 2.05) is 18.2 Å². The SMILES string of the molecule is CN(C)C(=O)c1cc(C(=O)N[C@@H](Cc2ccccc2)[C@H](O)CNCc2cccc(C(F)(F)F)c2)[nH]c(=O)c1. The van der Waals surface area contributed by atoms with E-state index in [9.17, 15) is 32.7 Å². The van der Waals surface area contributed by atoms with Gasteiger partial charge in [0.25, 0.3) is 11.8 Å². The highest BCUT2D eigenvalue weighted by Gasteiger charge is 2.30. The minimum absolute atomic E-state index is 0.0341. The smallest absolute Gasteiger partial charge is 0.390 e. The second kappa shape index (κ2) is 12.5. The topological polar surface area (TPSA) is 115 Å². The van der Waals surface area contributed by atoms with Gasteiger partial charge in [0.1, 0.15) is 5.69 Å². The molecule has 1 heterocycles. The number of H-pyrrole nitrogens is 1. The van der Waals surface area contributed by atoms with E-state index in [0.717, 1.165) is 23.8 Å². The van der Waals surface area contributed by atoms with E-state index in [-0.39, 0.29) is 30.8 Å². The molecule has 3 aromatic rings. The van der Waals surface area contributed by atoms with Gasteiger partial charge in [-0.25, -0.2) is 0 Å². The number of nitrogens with zero attached hydrogens (tertiary/aromatic N) is 1. The largest absolute Gasteiger partial charge is 0.416 e. The Balaban J connectivity index is 1.74. The van der Waals surface area contributed by atoms with Crippen LogP contribution >= 0.6 is 0 Å². The molecule has 8 nitrogen and oxygen atoms in total. The number of carbonyl (C=O) groups is 2. The Labute approximate surface area is 217 Å². The van der Waals surface area contributed by atoms with E-state index in [4.69, 9.17) is 0 Å². The summed E-state index contributed by atoms with van der Waals surface area (Å²) >= 11 is 0. The van der Waals surface area contributed by atoms with Gasteiger partial charge in [-0.1, -0.05) is 48.5 Å². The van der Waals surface area contributed by atoms with Crippen molar-refractivity contribution >= 4 is 11.8 Å². The molecule has 0 aliphatic carbocycles. The number of amides is 2. The van der Waals surface area contributed by atoms with E-state index in [0.29, 0.717) is 5.56 Å². The van der Waals surface area contributed by atoms with E-state index in [2.05, 4.69) is 15.6 Å². The maximum atomic E-state index is 13.0. The first-order valence-electron chi connectivity index (χ1n) is 11.8. The first kappa shape index (κ1) is 28.6. The van der Waals surface area contributed by atoms with Gasteiger partial charge in [0.2, 0.25) is 5.56 Å². The van der Waals surface area contributed by atoms with Gasteiger partial charge < -0.3 is 25.6 Å². The fourth-order valence-corrected chi connectivity index (χ4v) is 3.81. The molecule has 3 rings (SSSR count). The minimum Gasteiger partial charge on any atom is -0.390 e. The number of aromatic amines is 1. The second-order valence-electron chi connectivity index (χ2n) is 9.01. The molecular formula is C27H29F3N4O4. The van der Waals surface area contributed by atoms with Crippen molar-refractivity contribution < 1.29 is 27.9 Å².